The first-order valence-electron chi connectivity index (χ1n) is 5.12. The third-order valence-corrected chi connectivity index (χ3v) is 4.64. The maximum Gasteiger partial charge on any atom is 0.0664 e. The second kappa shape index (κ2) is 4.22. The van der Waals surface area contributed by atoms with Gasteiger partial charge in [-0.15, -0.1) is 0 Å². The summed E-state index contributed by atoms with van der Waals surface area (Å²) in [4.78, 5) is 4.50. The quantitative estimate of drug-likeness (QED) is 0.856. The Balaban J connectivity index is 2.10. The first-order chi connectivity index (χ1) is 7.67. The van der Waals surface area contributed by atoms with Crippen molar-refractivity contribution in [3.8, 4) is 6.07 Å². The highest BCUT2D eigenvalue weighted by atomic mass is 32.2. The van der Waals surface area contributed by atoms with E-state index in [0.29, 0.717) is 22.8 Å². The molecule has 1 aliphatic rings. The van der Waals surface area contributed by atoms with Crippen molar-refractivity contribution in [2.45, 2.75) is 24.2 Å². The number of nitriles is 1. The van der Waals surface area contributed by atoms with Crippen LogP contribution in [0.5, 0.6) is 0 Å². The number of rotatable bonds is 4. The van der Waals surface area contributed by atoms with E-state index < -0.39 is 10.8 Å². The highest BCUT2D eigenvalue weighted by molar-refractivity contribution is 7.85. The van der Waals surface area contributed by atoms with Crippen LogP contribution in [0, 0.1) is 16.7 Å². The summed E-state index contributed by atoms with van der Waals surface area (Å²) in [6, 6.07) is 3.85. The Hall–Kier alpha value is -1.41. The molecule has 5 heteroatoms. The van der Waals surface area contributed by atoms with Crippen molar-refractivity contribution in [3.05, 3.63) is 18.5 Å². The van der Waals surface area contributed by atoms with Crippen LogP contribution in [0.15, 0.2) is 23.4 Å². The van der Waals surface area contributed by atoms with E-state index in [-0.39, 0.29) is 5.41 Å². The summed E-state index contributed by atoms with van der Waals surface area (Å²) in [7, 11) is -1.12. The molecule has 84 valence electrons. The smallest absolute Gasteiger partial charge is 0.0664 e. The van der Waals surface area contributed by atoms with E-state index in [4.69, 9.17) is 11.0 Å². The second-order valence-electron chi connectivity index (χ2n) is 4.24. The maximum absolute atomic E-state index is 12.1. The molecule has 0 bridgehead atoms. The van der Waals surface area contributed by atoms with Gasteiger partial charge in [0, 0.05) is 18.4 Å². The van der Waals surface area contributed by atoms with Gasteiger partial charge in [-0.2, -0.15) is 5.26 Å². The van der Waals surface area contributed by atoms with E-state index >= 15 is 0 Å². The summed E-state index contributed by atoms with van der Waals surface area (Å²) < 4.78 is 12.1. The van der Waals surface area contributed by atoms with Crippen LogP contribution in [-0.2, 0) is 10.8 Å². The third kappa shape index (κ3) is 2.22. The first-order valence-corrected chi connectivity index (χ1v) is 6.44. The largest absolute Gasteiger partial charge is 0.396 e. The van der Waals surface area contributed by atoms with E-state index in [2.05, 4.69) is 11.1 Å². The van der Waals surface area contributed by atoms with Crippen LogP contribution >= 0.6 is 0 Å². The molecule has 4 nitrogen and oxygen atoms in total. The van der Waals surface area contributed by atoms with E-state index in [1.54, 1.807) is 12.3 Å². The highest BCUT2D eigenvalue weighted by Gasteiger charge is 2.44. The molecular weight excluding hydrogens is 222 g/mol. The fraction of sp³-hybridized carbons (Fsp3) is 0.455. The SMILES string of the molecule is N#CCC1(CS(=O)c2ccncc2N)CC1. The van der Waals surface area contributed by atoms with Crippen LogP contribution in [0.25, 0.3) is 0 Å². The summed E-state index contributed by atoms with van der Waals surface area (Å²) in [5.74, 6) is 0.536. The Morgan fingerprint density at radius 3 is 2.94 bits per heavy atom. The van der Waals surface area contributed by atoms with Gasteiger partial charge in [0.15, 0.2) is 0 Å². The number of nitrogens with two attached hydrogens (primary N) is 1. The predicted molar refractivity (Wildman–Crippen MR) is 61.8 cm³/mol. The van der Waals surface area contributed by atoms with Crippen molar-refractivity contribution in [2.75, 3.05) is 11.5 Å². The van der Waals surface area contributed by atoms with Crippen LogP contribution in [0.2, 0.25) is 0 Å². The molecule has 1 atom stereocenters. The third-order valence-electron chi connectivity index (χ3n) is 2.90. The molecule has 0 radical (unpaired) electrons. The van der Waals surface area contributed by atoms with Crippen molar-refractivity contribution < 1.29 is 4.21 Å². The number of nitrogens with zero attached hydrogens (tertiary/aromatic N) is 2. The molecule has 1 aliphatic carbocycles. The monoisotopic (exact) mass is 235 g/mol. The lowest BCUT2D eigenvalue weighted by Crippen LogP contribution is -2.13. The van der Waals surface area contributed by atoms with Gasteiger partial charge in [-0.05, 0) is 24.3 Å². The fourth-order valence-electron chi connectivity index (χ4n) is 1.67. The van der Waals surface area contributed by atoms with E-state index in [9.17, 15) is 4.21 Å². The first kappa shape index (κ1) is 11.1. The summed E-state index contributed by atoms with van der Waals surface area (Å²) in [6.45, 7) is 0. The second-order valence-corrected chi connectivity index (χ2v) is 5.66. The van der Waals surface area contributed by atoms with Gasteiger partial charge in [-0.1, -0.05) is 0 Å². The van der Waals surface area contributed by atoms with Gasteiger partial charge in [-0.25, -0.2) is 0 Å². The number of hydrogen-bond donors (Lipinski definition) is 1. The van der Waals surface area contributed by atoms with Crippen molar-refractivity contribution in [1.82, 2.24) is 4.98 Å². The van der Waals surface area contributed by atoms with Gasteiger partial charge in [0.25, 0.3) is 0 Å². The summed E-state index contributed by atoms with van der Waals surface area (Å²) >= 11 is 0. The standard InChI is InChI=1S/C11H13N3OS/c12-5-4-11(2-3-11)8-16(15)10-1-6-14-7-9(10)13/h1,6-7H,2-4,8,13H2. The molecule has 2 N–H and O–H groups in total. The van der Waals surface area contributed by atoms with E-state index in [1.807, 2.05) is 0 Å². The van der Waals surface area contributed by atoms with Crippen molar-refractivity contribution in [3.63, 3.8) is 0 Å². The lowest BCUT2D eigenvalue weighted by atomic mass is 10.1. The average molecular weight is 235 g/mol. The number of hydrogen-bond acceptors (Lipinski definition) is 4. The van der Waals surface area contributed by atoms with Gasteiger partial charge in [-0.3, -0.25) is 9.19 Å². The lowest BCUT2D eigenvalue weighted by molar-refractivity contribution is 0.587. The molecule has 1 aromatic rings. The molecule has 1 saturated carbocycles. The lowest BCUT2D eigenvalue weighted by Gasteiger charge is -2.11. The topological polar surface area (TPSA) is 79.8 Å². The highest BCUT2D eigenvalue weighted by Crippen LogP contribution is 2.49. The number of anilines is 1. The molecule has 16 heavy (non-hydrogen) atoms. The van der Waals surface area contributed by atoms with Gasteiger partial charge in [0.1, 0.15) is 0 Å². The zero-order valence-electron chi connectivity index (χ0n) is 8.85. The number of nitrogen functional groups attached to an aromatic ring is 1. The molecule has 0 saturated heterocycles. The molecular formula is C11H13N3OS. The molecule has 1 heterocycles. The Labute approximate surface area is 96.9 Å². The van der Waals surface area contributed by atoms with E-state index in [1.165, 1.54) is 6.20 Å². The average Bonchev–Trinajstić information content (AvgIpc) is 2.99. The molecule has 0 spiro atoms. The Morgan fingerprint density at radius 1 is 1.62 bits per heavy atom. The van der Waals surface area contributed by atoms with Gasteiger partial charge >= 0.3 is 0 Å². The van der Waals surface area contributed by atoms with Crippen LogP contribution in [-0.4, -0.2) is 14.9 Å². The number of aromatic nitrogens is 1. The molecule has 2 rings (SSSR count). The van der Waals surface area contributed by atoms with Crippen molar-refractivity contribution in [1.29, 1.82) is 5.26 Å². The van der Waals surface area contributed by atoms with Crippen molar-refractivity contribution >= 4 is 16.5 Å². The Bertz CT molecular complexity index is 463. The zero-order chi connectivity index (χ0) is 11.6. The Morgan fingerprint density at radius 2 is 2.38 bits per heavy atom. The Kier molecular flexibility index (Phi) is 2.92. The molecule has 0 amide bonds. The van der Waals surface area contributed by atoms with Crippen LogP contribution in [0.4, 0.5) is 5.69 Å². The number of pyridine rings is 1. The fourth-order valence-corrected chi connectivity index (χ4v) is 3.30. The summed E-state index contributed by atoms with van der Waals surface area (Å²) in [6.07, 6.45) is 5.59. The minimum absolute atomic E-state index is 0.0185. The maximum atomic E-state index is 12.1. The van der Waals surface area contributed by atoms with Crippen LogP contribution in [0.1, 0.15) is 19.3 Å². The molecule has 1 fully saturated rings. The van der Waals surface area contributed by atoms with Gasteiger partial charge in [0.2, 0.25) is 0 Å². The minimum atomic E-state index is -1.12. The molecule has 1 aromatic heterocycles. The minimum Gasteiger partial charge on any atom is -0.396 e. The van der Waals surface area contributed by atoms with E-state index in [0.717, 1.165) is 12.8 Å². The van der Waals surface area contributed by atoms with Crippen LogP contribution in [0.3, 0.4) is 0 Å². The van der Waals surface area contributed by atoms with Crippen molar-refractivity contribution in [2.24, 2.45) is 5.41 Å². The predicted octanol–water partition coefficient (Wildman–Crippen LogP) is 1.47. The molecule has 0 aliphatic heterocycles. The summed E-state index contributed by atoms with van der Waals surface area (Å²) in [5.41, 5.74) is 6.16. The van der Waals surface area contributed by atoms with Crippen LogP contribution < -0.4 is 5.73 Å². The summed E-state index contributed by atoms with van der Waals surface area (Å²) in [5, 5.41) is 8.70. The van der Waals surface area contributed by atoms with Gasteiger partial charge in [0.05, 0.1) is 33.6 Å². The van der Waals surface area contributed by atoms with Gasteiger partial charge < -0.3 is 5.73 Å². The normalized spacial score (nSPS) is 18.7. The molecule has 0 aromatic carbocycles. The molecule has 1 unspecified atom stereocenters. The zero-order valence-corrected chi connectivity index (χ0v) is 9.67.